The molecule has 0 spiro atoms. The molecule has 2 saturated carbocycles. The third kappa shape index (κ3) is 1.97. The monoisotopic (exact) mass is 389 g/mol. The highest BCUT2D eigenvalue weighted by Crippen LogP contribution is 2.65. The summed E-state index contributed by atoms with van der Waals surface area (Å²) in [6.45, 7) is 7.12. The van der Waals surface area contributed by atoms with Gasteiger partial charge in [-0.1, -0.05) is 20.8 Å². The van der Waals surface area contributed by atoms with Crippen molar-refractivity contribution in [3.8, 4) is 0 Å². The van der Waals surface area contributed by atoms with Crippen molar-refractivity contribution in [2.45, 2.75) is 46.1 Å². The lowest BCUT2D eigenvalue weighted by atomic mass is 9.69. The number of nitrogens with one attached hydrogen (secondary N) is 1. The molecule has 0 radical (unpaired) electrons. The zero-order valence-corrected chi connectivity index (χ0v) is 14.6. The molecule has 1 N–H and O–H groups in total. The van der Waals surface area contributed by atoms with Crippen LogP contribution in [0, 0.1) is 19.6 Å². The number of hydrogen-bond acceptors (Lipinski definition) is 2. The van der Waals surface area contributed by atoms with Crippen LogP contribution in [0.1, 0.15) is 50.4 Å². The number of carbonyl (C=O) groups is 1. The molecule has 2 bridgehead atoms. The molecule has 3 rings (SSSR count). The fourth-order valence-corrected chi connectivity index (χ4v) is 5.42. The second kappa shape index (κ2) is 4.45. The highest BCUT2D eigenvalue weighted by Gasteiger charge is 2.61. The summed E-state index contributed by atoms with van der Waals surface area (Å²) in [4.78, 5) is 12.3. The average molecular weight is 389 g/mol. The van der Waals surface area contributed by atoms with Crippen molar-refractivity contribution in [1.82, 2.24) is 5.32 Å². The molecule has 2 aliphatic rings. The number of thiophene rings is 1. The zero-order valence-electron chi connectivity index (χ0n) is 11.6. The van der Waals surface area contributed by atoms with E-state index in [1.807, 2.05) is 11.4 Å². The van der Waals surface area contributed by atoms with E-state index in [0.717, 1.165) is 17.9 Å². The van der Waals surface area contributed by atoms with Crippen LogP contribution >= 0.6 is 33.9 Å². The quantitative estimate of drug-likeness (QED) is 0.751. The smallest absolute Gasteiger partial charge is 0.252 e. The normalized spacial score (nSPS) is 35.6. The van der Waals surface area contributed by atoms with Crippen LogP contribution in [-0.4, -0.2) is 11.9 Å². The maximum Gasteiger partial charge on any atom is 0.252 e. The van der Waals surface area contributed by atoms with Crippen molar-refractivity contribution in [1.29, 1.82) is 0 Å². The first-order valence-corrected chi connectivity index (χ1v) is 8.85. The highest BCUT2D eigenvalue weighted by molar-refractivity contribution is 14.1. The van der Waals surface area contributed by atoms with E-state index in [-0.39, 0.29) is 11.3 Å². The van der Waals surface area contributed by atoms with Gasteiger partial charge in [0.05, 0.1) is 8.45 Å². The molecule has 1 aromatic rings. The van der Waals surface area contributed by atoms with Crippen molar-refractivity contribution < 1.29 is 4.79 Å². The van der Waals surface area contributed by atoms with E-state index >= 15 is 0 Å². The molecule has 4 heteroatoms. The van der Waals surface area contributed by atoms with E-state index < -0.39 is 0 Å². The fourth-order valence-electron chi connectivity index (χ4n) is 4.09. The summed E-state index contributed by atoms with van der Waals surface area (Å²) in [6, 6.07) is 2.31. The number of fused-ring (bicyclic) bond motifs is 2. The molecule has 1 heterocycles. The Kier molecular flexibility index (Phi) is 3.25. The molecule has 2 fully saturated rings. The first-order valence-electron chi connectivity index (χ1n) is 6.89. The van der Waals surface area contributed by atoms with Gasteiger partial charge in [0.2, 0.25) is 0 Å². The SMILES string of the molecule is CC1(C)C2CCC1(C)C(NC(=O)c1csc(I)c1)C2. The van der Waals surface area contributed by atoms with E-state index in [0.29, 0.717) is 11.5 Å². The Balaban J connectivity index is 1.77. The van der Waals surface area contributed by atoms with E-state index in [1.165, 1.54) is 15.7 Å². The van der Waals surface area contributed by atoms with Gasteiger partial charge in [-0.15, -0.1) is 11.3 Å². The summed E-state index contributed by atoms with van der Waals surface area (Å²) in [5.41, 5.74) is 1.43. The molecule has 1 aromatic heterocycles. The molecule has 19 heavy (non-hydrogen) atoms. The van der Waals surface area contributed by atoms with Crippen molar-refractivity contribution >= 4 is 39.8 Å². The molecule has 2 nitrogen and oxygen atoms in total. The molecule has 2 aliphatic carbocycles. The number of carbonyl (C=O) groups excluding carboxylic acids is 1. The Hall–Kier alpha value is -0.100. The first-order chi connectivity index (χ1) is 8.84. The minimum atomic E-state index is 0.105. The van der Waals surface area contributed by atoms with Crippen molar-refractivity contribution in [3.05, 3.63) is 19.9 Å². The van der Waals surface area contributed by atoms with Crippen LogP contribution in [0.2, 0.25) is 0 Å². The van der Waals surface area contributed by atoms with E-state index in [2.05, 4.69) is 48.7 Å². The fraction of sp³-hybridized carbons (Fsp3) is 0.667. The molecule has 3 atom stereocenters. The van der Waals surface area contributed by atoms with Gasteiger partial charge in [-0.2, -0.15) is 0 Å². The van der Waals surface area contributed by atoms with Crippen LogP contribution in [0.3, 0.4) is 0 Å². The Morgan fingerprint density at radius 3 is 2.68 bits per heavy atom. The number of hydrogen-bond donors (Lipinski definition) is 1. The Morgan fingerprint density at radius 1 is 1.47 bits per heavy atom. The minimum Gasteiger partial charge on any atom is -0.349 e. The Labute approximate surface area is 132 Å². The number of rotatable bonds is 2. The van der Waals surface area contributed by atoms with E-state index in [4.69, 9.17) is 0 Å². The third-order valence-electron chi connectivity index (χ3n) is 5.93. The van der Waals surface area contributed by atoms with Crippen molar-refractivity contribution in [2.24, 2.45) is 16.7 Å². The molecule has 1 amide bonds. The number of amides is 1. The minimum absolute atomic E-state index is 0.105. The van der Waals surface area contributed by atoms with Crippen molar-refractivity contribution in [2.75, 3.05) is 0 Å². The van der Waals surface area contributed by atoms with Gasteiger partial charge in [0.1, 0.15) is 0 Å². The molecule has 104 valence electrons. The molecule has 0 aromatic carbocycles. The van der Waals surface area contributed by atoms with Gasteiger partial charge in [0, 0.05) is 11.4 Å². The predicted molar refractivity (Wildman–Crippen MR) is 87.5 cm³/mol. The summed E-state index contributed by atoms with van der Waals surface area (Å²) < 4.78 is 1.17. The van der Waals surface area contributed by atoms with Gasteiger partial charge in [0.25, 0.3) is 5.91 Å². The standard InChI is InChI=1S/C15H20INOS/c1-14(2)10-4-5-15(14,3)11(7-10)17-13(18)9-6-12(16)19-8-9/h6,8,10-11H,4-5,7H2,1-3H3,(H,17,18). The summed E-state index contributed by atoms with van der Waals surface area (Å²) in [5, 5.41) is 5.26. The second-order valence-electron chi connectivity index (χ2n) is 6.78. The van der Waals surface area contributed by atoms with E-state index in [9.17, 15) is 4.79 Å². The van der Waals surface area contributed by atoms with Gasteiger partial charge >= 0.3 is 0 Å². The summed E-state index contributed by atoms with van der Waals surface area (Å²) >= 11 is 3.89. The zero-order chi connectivity index (χ0) is 13.8. The predicted octanol–water partition coefficient (Wildman–Crippen LogP) is 4.30. The molecule has 0 saturated heterocycles. The van der Waals surface area contributed by atoms with Crippen LogP contribution in [0.15, 0.2) is 11.4 Å². The number of halogens is 1. The third-order valence-corrected chi connectivity index (χ3v) is 7.72. The Morgan fingerprint density at radius 2 is 2.21 bits per heavy atom. The molecule has 0 aliphatic heterocycles. The van der Waals surface area contributed by atoms with Crippen LogP contribution in [0.5, 0.6) is 0 Å². The van der Waals surface area contributed by atoms with Gasteiger partial charge in [0.15, 0.2) is 0 Å². The highest BCUT2D eigenvalue weighted by atomic mass is 127. The maximum absolute atomic E-state index is 12.3. The first kappa shape index (κ1) is 13.9. The van der Waals surface area contributed by atoms with Crippen LogP contribution in [0.4, 0.5) is 0 Å². The van der Waals surface area contributed by atoms with E-state index in [1.54, 1.807) is 11.3 Å². The molecule has 3 unspecified atom stereocenters. The van der Waals surface area contributed by atoms with Gasteiger partial charge in [-0.25, -0.2) is 0 Å². The Bertz CT molecular complexity index is 524. The lowest BCUT2D eigenvalue weighted by molar-refractivity contribution is 0.0826. The largest absolute Gasteiger partial charge is 0.349 e. The lowest BCUT2D eigenvalue weighted by Gasteiger charge is -2.39. The summed E-state index contributed by atoms with van der Waals surface area (Å²) in [5.74, 6) is 0.874. The van der Waals surface area contributed by atoms with Crippen molar-refractivity contribution in [3.63, 3.8) is 0 Å². The second-order valence-corrected chi connectivity index (χ2v) is 9.58. The van der Waals surface area contributed by atoms with Gasteiger partial charge in [-0.05, 0) is 64.7 Å². The summed E-state index contributed by atoms with van der Waals surface area (Å²) in [6.07, 6.45) is 3.72. The molecular weight excluding hydrogens is 369 g/mol. The maximum atomic E-state index is 12.3. The summed E-state index contributed by atoms with van der Waals surface area (Å²) in [7, 11) is 0. The van der Waals surface area contributed by atoms with Crippen LogP contribution < -0.4 is 5.32 Å². The molecular formula is C15H20INOS. The topological polar surface area (TPSA) is 29.1 Å². The van der Waals surface area contributed by atoms with Gasteiger partial charge in [-0.3, -0.25) is 4.79 Å². The van der Waals surface area contributed by atoms with Crippen LogP contribution in [-0.2, 0) is 0 Å². The van der Waals surface area contributed by atoms with Crippen LogP contribution in [0.25, 0.3) is 0 Å². The van der Waals surface area contributed by atoms with Gasteiger partial charge < -0.3 is 5.32 Å². The average Bonchev–Trinajstić information content (AvgIpc) is 2.91. The lowest BCUT2D eigenvalue weighted by Crippen LogP contribution is -2.46.